The molecule has 11 heteroatoms. The van der Waals surface area contributed by atoms with Gasteiger partial charge in [0.1, 0.15) is 5.01 Å². The van der Waals surface area contributed by atoms with Crippen LogP contribution in [0.5, 0.6) is 0 Å². The van der Waals surface area contributed by atoms with Gasteiger partial charge >= 0.3 is 0 Å². The number of aryl methyl sites for hydroxylation is 1. The average molecular weight is 547 g/mol. The summed E-state index contributed by atoms with van der Waals surface area (Å²) in [5.41, 5.74) is 4.15. The number of anilines is 1. The number of hydrogen-bond donors (Lipinski definition) is 1. The normalized spacial score (nSPS) is 17.7. The van der Waals surface area contributed by atoms with Crippen molar-refractivity contribution in [3.63, 3.8) is 0 Å². The van der Waals surface area contributed by atoms with Crippen LogP contribution in [0.3, 0.4) is 0 Å². The van der Waals surface area contributed by atoms with Gasteiger partial charge in [-0.05, 0) is 19.1 Å². The first-order valence-electron chi connectivity index (χ1n) is 13.1. The Morgan fingerprint density at radius 1 is 0.974 bits per heavy atom. The van der Waals surface area contributed by atoms with E-state index in [0.717, 1.165) is 105 Å². The van der Waals surface area contributed by atoms with Gasteiger partial charge in [0, 0.05) is 72.7 Å². The molecule has 0 atom stereocenters. The Balaban J connectivity index is 1.15. The summed E-state index contributed by atoms with van der Waals surface area (Å²) in [6, 6.07) is 8.43. The van der Waals surface area contributed by atoms with E-state index in [2.05, 4.69) is 54.3 Å². The van der Waals surface area contributed by atoms with E-state index in [9.17, 15) is 0 Å². The molecule has 0 bridgehead atoms. The van der Waals surface area contributed by atoms with Crippen molar-refractivity contribution in [1.29, 1.82) is 0 Å². The number of ether oxygens (including phenoxy) is 1. The molecule has 0 aliphatic carbocycles. The molecular formula is C27H30N8OS2. The minimum absolute atomic E-state index is 0.723. The van der Waals surface area contributed by atoms with E-state index in [4.69, 9.17) is 14.7 Å². The highest BCUT2D eigenvalue weighted by Gasteiger charge is 2.23. The van der Waals surface area contributed by atoms with E-state index in [1.165, 1.54) is 14.6 Å². The Kier molecular flexibility index (Phi) is 6.54. The lowest BCUT2D eigenvalue weighted by atomic mass is 10.1. The smallest absolute Gasteiger partial charge is 0.162 e. The fourth-order valence-corrected chi connectivity index (χ4v) is 7.28. The maximum atomic E-state index is 5.64. The van der Waals surface area contributed by atoms with Crippen molar-refractivity contribution in [2.75, 3.05) is 57.4 Å². The first-order valence-corrected chi connectivity index (χ1v) is 14.8. The van der Waals surface area contributed by atoms with Crippen LogP contribution in [-0.2, 0) is 17.8 Å². The largest absolute Gasteiger partial charge is 0.378 e. The lowest BCUT2D eigenvalue weighted by Gasteiger charge is -2.33. The van der Waals surface area contributed by atoms with Crippen molar-refractivity contribution in [1.82, 2.24) is 34.9 Å². The third-order valence-electron chi connectivity index (χ3n) is 7.31. The number of fused-ring (bicyclic) bond motifs is 2. The second-order valence-electron chi connectivity index (χ2n) is 9.97. The molecule has 0 spiro atoms. The number of hydrogen-bond acceptors (Lipinski definition) is 10. The quantitative estimate of drug-likeness (QED) is 0.340. The molecule has 6 heterocycles. The number of nitrogens with zero attached hydrogens (tertiary/aromatic N) is 7. The highest BCUT2D eigenvalue weighted by molar-refractivity contribution is 7.19. The summed E-state index contributed by atoms with van der Waals surface area (Å²) in [6.45, 7) is 11.4. The first-order chi connectivity index (χ1) is 18.7. The van der Waals surface area contributed by atoms with Crippen LogP contribution in [0.25, 0.3) is 32.5 Å². The molecule has 7 rings (SSSR count). The van der Waals surface area contributed by atoms with Crippen molar-refractivity contribution >= 4 is 49.6 Å². The highest BCUT2D eigenvalue weighted by Crippen LogP contribution is 2.36. The Morgan fingerprint density at radius 2 is 1.79 bits per heavy atom. The monoisotopic (exact) mass is 546 g/mol. The van der Waals surface area contributed by atoms with Gasteiger partial charge in [-0.2, -0.15) is 5.10 Å². The van der Waals surface area contributed by atoms with Gasteiger partial charge in [0.2, 0.25) is 0 Å². The number of nitrogens with one attached hydrogen (secondary N) is 1. The summed E-state index contributed by atoms with van der Waals surface area (Å²) in [4.78, 5) is 23.6. The molecule has 0 radical (unpaired) electrons. The number of thiophene rings is 1. The summed E-state index contributed by atoms with van der Waals surface area (Å²) in [6.07, 6.45) is 1.86. The molecule has 2 fully saturated rings. The van der Waals surface area contributed by atoms with Gasteiger partial charge in [-0.1, -0.05) is 12.1 Å². The number of aromatic nitrogens is 5. The van der Waals surface area contributed by atoms with E-state index in [-0.39, 0.29) is 0 Å². The number of aromatic amines is 1. The lowest BCUT2D eigenvalue weighted by molar-refractivity contribution is 0.122. The molecule has 38 heavy (non-hydrogen) atoms. The maximum Gasteiger partial charge on any atom is 0.162 e. The minimum atomic E-state index is 0.723. The van der Waals surface area contributed by atoms with Crippen LogP contribution in [0.1, 0.15) is 15.6 Å². The summed E-state index contributed by atoms with van der Waals surface area (Å²) >= 11 is 3.60. The van der Waals surface area contributed by atoms with Crippen molar-refractivity contribution in [3.8, 4) is 11.4 Å². The van der Waals surface area contributed by atoms with Crippen LogP contribution < -0.4 is 4.90 Å². The summed E-state index contributed by atoms with van der Waals surface area (Å²) in [7, 11) is 0. The zero-order chi connectivity index (χ0) is 25.5. The van der Waals surface area contributed by atoms with E-state index >= 15 is 0 Å². The Bertz CT molecular complexity index is 1560. The van der Waals surface area contributed by atoms with Gasteiger partial charge in [0.25, 0.3) is 0 Å². The van der Waals surface area contributed by atoms with Gasteiger partial charge in [0.05, 0.1) is 41.7 Å². The molecule has 1 aromatic carbocycles. The number of benzene rings is 1. The van der Waals surface area contributed by atoms with Gasteiger partial charge in [0.15, 0.2) is 11.6 Å². The van der Waals surface area contributed by atoms with Crippen LogP contribution in [-0.4, -0.2) is 87.4 Å². The number of H-pyrrole nitrogens is 1. The van der Waals surface area contributed by atoms with Gasteiger partial charge in [-0.15, -0.1) is 22.7 Å². The topological polar surface area (TPSA) is 86.3 Å². The molecule has 4 aromatic heterocycles. The number of thiazole rings is 1. The summed E-state index contributed by atoms with van der Waals surface area (Å²) < 4.78 is 6.81. The predicted molar refractivity (Wildman–Crippen MR) is 153 cm³/mol. The summed E-state index contributed by atoms with van der Waals surface area (Å²) in [5, 5.41) is 11.7. The lowest BCUT2D eigenvalue weighted by Crippen LogP contribution is -2.45. The molecule has 196 valence electrons. The van der Waals surface area contributed by atoms with Crippen LogP contribution in [0, 0.1) is 6.92 Å². The van der Waals surface area contributed by atoms with E-state index < -0.39 is 0 Å². The molecule has 2 saturated heterocycles. The molecule has 5 aromatic rings. The van der Waals surface area contributed by atoms with Gasteiger partial charge < -0.3 is 9.64 Å². The van der Waals surface area contributed by atoms with Crippen molar-refractivity contribution < 1.29 is 4.74 Å². The first kappa shape index (κ1) is 24.1. The van der Waals surface area contributed by atoms with Crippen molar-refractivity contribution in [2.45, 2.75) is 20.0 Å². The third kappa shape index (κ3) is 4.80. The Morgan fingerprint density at radius 3 is 2.58 bits per heavy atom. The summed E-state index contributed by atoms with van der Waals surface area (Å²) in [5.74, 6) is 1.77. The van der Waals surface area contributed by atoms with Crippen LogP contribution in [0.2, 0.25) is 0 Å². The fourth-order valence-electron chi connectivity index (χ4n) is 5.31. The number of piperazine rings is 1. The van der Waals surface area contributed by atoms with E-state index in [0.29, 0.717) is 0 Å². The molecule has 9 nitrogen and oxygen atoms in total. The van der Waals surface area contributed by atoms with Crippen molar-refractivity contribution in [3.05, 3.63) is 51.4 Å². The zero-order valence-electron chi connectivity index (χ0n) is 21.4. The third-order valence-corrected chi connectivity index (χ3v) is 9.37. The maximum absolute atomic E-state index is 5.64. The molecule has 0 amide bonds. The minimum Gasteiger partial charge on any atom is -0.378 e. The van der Waals surface area contributed by atoms with E-state index in [1.54, 1.807) is 11.3 Å². The number of morpholine rings is 1. The van der Waals surface area contributed by atoms with E-state index in [1.807, 2.05) is 29.7 Å². The second kappa shape index (κ2) is 10.3. The highest BCUT2D eigenvalue weighted by atomic mass is 32.1. The average Bonchev–Trinajstić information content (AvgIpc) is 3.69. The van der Waals surface area contributed by atoms with Crippen LogP contribution in [0.4, 0.5) is 5.82 Å². The Hall–Kier alpha value is -2.96. The number of rotatable bonds is 6. The van der Waals surface area contributed by atoms with Gasteiger partial charge in [-0.3, -0.25) is 14.9 Å². The molecular weight excluding hydrogens is 516 g/mol. The molecule has 0 unspecified atom stereocenters. The van der Waals surface area contributed by atoms with Crippen molar-refractivity contribution in [2.24, 2.45) is 0 Å². The molecule has 0 saturated carbocycles. The Labute approximate surface area is 229 Å². The molecule has 2 aliphatic heterocycles. The van der Waals surface area contributed by atoms with Crippen LogP contribution >= 0.6 is 22.7 Å². The SMILES string of the molecule is Cc1csc(CN2CCN(Cc3cc4nc(-c5cccc6[nH]ncc56)nc(N5CCOCC5)c4s3)CC2)n1. The van der Waals surface area contributed by atoms with Gasteiger partial charge in [-0.25, -0.2) is 15.0 Å². The molecule has 2 aliphatic rings. The predicted octanol–water partition coefficient (Wildman–Crippen LogP) is 4.15. The standard InChI is InChI=1S/C27H30N8OS2/c1-18-17-37-24(29-18)16-34-7-5-33(6-8-34)15-19-13-23-25(38-19)27(35-9-11-36-12-10-35)31-26(30-23)20-3-2-4-22-21(20)14-28-32-22/h2-4,13-14,17H,5-12,15-16H2,1H3,(H,28,32). The fraction of sp³-hybridized carbons (Fsp3) is 0.407. The van der Waals surface area contributed by atoms with Crippen LogP contribution in [0.15, 0.2) is 35.8 Å². The second-order valence-corrected chi connectivity index (χ2v) is 12.0. The zero-order valence-corrected chi connectivity index (χ0v) is 23.0. The molecule has 1 N–H and O–H groups in total.